The fourth-order valence-electron chi connectivity index (χ4n) is 4.57. The second-order valence-electron chi connectivity index (χ2n) is 8.29. The summed E-state index contributed by atoms with van der Waals surface area (Å²) in [4.78, 5) is 23.3. The van der Waals surface area contributed by atoms with Gasteiger partial charge in [-0.1, -0.05) is 12.8 Å². The Morgan fingerprint density at radius 3 is 2.81 bits per heavy atom. The van der Waals surface area contributed by atoms with Gasteiger partial charge in [-0.25, -0.2) is 4.98 Å². The van der Waals surface area contributed by atoms with Gasteiger partial charge in [0.15, 0.2) is 5.82 Å². The zero-order chi connectivity index (χ0) is 21.6. The van der Waals surface area contributed by atoms with Crippen molar-refractivity contribution in [3.8, 4) is 0 Å². The van der Waals surface area contributed by atoms with Crippen LogP contribution in [0.1, 0.15) is 46.7 Å². The number of pyridine rings is 1. The van der Waals surface area contributed by atoms with Crippen molar-refractivity contribution in [2.24, 2.45) is 4.99 Å². The number of nitrogens with one attached hydrogen (secondary N) is 2. The first-order valence-corrected chi connectivity index (χ1v) is 11.2. The molecule has 1 amide bonds. The third-order valence-corrected chi connectivity index (χ3v) is 7.28. The lowest BCUT2D eigenvalue weighted by molar-refractivity contribution is -0.134. The highest BCUT2D eigenvalue weighted by Gasteiger charge is 2.48. The van der Waals surface area contributed by atoms with Gasteiger partial charge in [-0.05, 0) is 43.5 Å². The van der Waals surface area contributed by atoms with Gasteiger partial charge in [0.1, 0.15) is 16.3 Å². The number of likely N-dealkylation sites (tertiary alicyclic amines) is 1. The van der Waals surface area contributed by atoms with Crippen molar-refractivity contribution in [2.45, 2.75) is 49.9 Å². The van der Waals surface area contributed by atoms with E-state index in [0.717, 1.165) is 43.3 Å². The molecule has 2 aromatic rings. The van der Waals surface area contributed by atoms with Crippen LogP contribution in [0.5, 0.6) is 0 Å². The molecule has 10 heteroatoms. The van der Waals surface area contributed by atoms with Crippen LogP contribution < -0.4 is 10.6 Å². The maximum atomic E-state index is 13.0. The molecule has 1 saturated heterocycles. The predicted molar refractivity (Wildman–Crippen MR) is 114 cm³/mol. The van der Waals surface area contributed by atoms with Gasteiger partial charge in [-0.2, -0.15) is 13.2 Å². The van der Waals surface area contributed by atoms with Gasteiger partial charge < -0.3 is 15.5 Å². The van der Waals surface area contributed by atoms with Crippen LogP contribution in [0.15, 0.2) is 35.5 Å². The summed E-state index contributed by atoms with van der Waals surface area (Å²) in [5.74, 6) is 1.09. The van der Waals surface area contributed by atoms with Crippen molar-refractivity contribution < 1.29 is 18.0 Å². The Morgan fingerprint density at radius 2 is 2.06 bits per heavy atom. The number of alkyl halides is 3. The fraction of sp³-hybridized carbons (Fsp3) is 0.476. The maximum Gasteiger partial charge on any atom is 0.425 e. The number of carbonyl (C=O) groups excluding carboxylic acids is 1. The SMILES string of the molecule is O=C(c1ccc(C(F)(F)F)s1)N1CCC2(C1)Nc1cccnc1NC2=NC1CCCC1. The molecule has 4 heterocycles. The second kappa shape index (κ2) is 7.51. The highest BCUT2D eigenvalue weighted by molar-refractivity contribution is 7.14. The van der Waals surface area contributed by atoms with Gasteiger partial charge in [0, 0.05) is 12.7 Å². The molecule has 1 aliphatic carbocycles. The van der Waals surface area contributed by atoms with Crippen LogP contribution in [-0.2, 0) is 6.18 Å². The van der Waals surface area contributed by atoms with E-state index in [2.05, 4.69) is 15.6 Å². The minimum Gasteiger partial charge on any atom is -0.368 e. The minimum atomic E-state index is -4.44. The van der Waals surface area contributed by atoms with Gasteiger partial charge in [-0.15, -0.1) is 11.3 Å². The quantitative estimate of drug-likeness (QED) is 0.702. The van der Waals surface area contributed by atoms with Gasteiger partial charge in [0.25, 0.3) is 5.91 Å². The molecule has 31 heavy (non-hydrogen) atoms. The van der Waals surface area contributed by atoms with E-state index < -0.39 is 16.6 Å². The standard InChI is InChI=1S/C21H22F3N5OS/c22-21(23,24)16-8-7-15(31-16)18(30)29-11-9-20(12-29)19(26-13-4-1-2-5-13)27-17-14(28-20)6-3-10-25-17/h3,6-8,10,13,28H,1-2,4-5,9,11-12H2,(H,25,26,27). The molecule has 2 N–H and O–H groups in total. The molecule has 1 spiro atoms. The third kappa shape index (κ3) is 3.77. The summed E-state index contributed by atoms with van der Waals surface area (Å²) >= 11 is 0.493. The zero-order valence-corrected chi connectivity index (χ0v) is 17.5. The van der Waals surface area contributed by atoms with E-state index in [1.165, 1.54) is 6.07 Å². The van der Waals surface area contributed by atoms with Crippen LogP contribution in [0.25, 0.3) is 0 Å². The summed E-state index contributed by atoms with van der Waals surface area (Å²) in [5, 5.41) is 6.91. The van der Waals surface area contributed by atoms with Crippen molar-refractivity contribution in [3.05, 3.63) is 40.2 Å². The lowest BCUT2D eigenvalue weighted by Gasteiger charge is -2.38. The van der Waals surface area contributed by atoms with Crippen LogP contribution in [-0.4, -0.2) is 46.3 Å². The Kier molecular flexibility index (Phi) is 4.91. The molecule has 2 aromatic heterocycles. The van der Waals surface area contributed by atoms with Crippen LogP contribution in [0.2, 0.25) is 0 Å². The molecule has 1 atom stereocenters. The number of halogens is 3. The Balaban J connectivity index is 1.42. The lowest BCUT2D eigenvalue weighted by atomic mass is 9.93. The molecule has 0 radical (unpaired) electrons. The van der Waals surface area contributed by atoms with E-state index in [0.29, 0.717) is 36.7 Å². The van der Waals surface area contributed by atoms with Crippen molar-refractivity contribution in [3.63, 3.8) is 0 Å². The van der Waals surface area contributed by atoms with Gasteiger partial charge >= 0.3 is 6.18 Å². The molecule has 5 rings (SSSR count). The molecule has 0 bridgehead atoms. The number of anilines is 2. The van der Waals surface area contributed by atoms with Crippen molar-refractivity contribution in [1.29, 1.82) is 0 Å². The van der Waals surface area contributed by atoms with Gasteiger partial charge in [0.2, 0.25) is 0 Å². The van der Waals surface area contributed by atoms with Crippen LogP contribution in [0.4, 0.5) is 24.7 Å². The highest BCUT2D eigenvalue weighted by Crippen LogP contribution is 2.38. The monoisotopic (exact) mass is 449 g/mol. The Labute approximate surface area is 181 Å². The van der Waals surface area contributed by atoms with Crippen LogP contribution >= 0.6 is 11.3 Å². The fourth-order valence-corrected chi connectivity index (χ4v) is 5.41. The van der Waals surface area contributed by atoms with E-state index in [1.54, 1.807) is 11.1 Å². The number of rotatable bonds is 2. The Bertz CT molecular complexity index is 1030. The maximum absolute atomic E-state index is 13.0. The zero-order valence-electron chi connectivity index (χ0n) is 16.7. The summed E-state index contributed by atoms with van der Waals surface area (Å²) in [5.41, 5.74) is 0.232. The second-order valence-corrected chi connectivity index (χ2v) is 9.37. The number of aliphatic imine (C=N–C) groups is 1. The third-order valence-electron chi connectivity index (χ3n) is 6.16. The minimum absolute atomic E-state index is 0.101. The molecule has 1 unspecified atom stereocenters. The number of carbonyl (C=O) groups is 1. The average Bonchev–Trinajstić information content (AvgIpc) is 3.49. The van der Waals surface area contributed by atoms with E-state index in [1.807, 2.05) is 12.1 Å². The number of amidine groups is 1. The normalized spacial score (nSPS) is 25.0. The summed E-state index contributed by atoms with van der Waals surface area (Å²) in [6.45, 7) is 0.768. The lowest BCUT2D eigenvalue weighted by Crippen LogP contribution is -2.55. The number of nitrogens with zero attached hydrogens (tertiary/aromatic N) is 3. The number of amides is 1. The van der Waals surface area contributed by atoms with E-state index in [9.17, 15) is 18.0 Å². The molecule has 0 aromatic carbocycles. The van der Waals surface area contributed by atoms with Crippen molar-refractivity contribution >= 4 is 34.6 Å². The molecular weight excluding hydrogens is 427 g/mol. The molecular formula is C21H22F3N5OS. The topological polar surface area (TPSA) is 69.6 Å². The molecule has 1 saturated carbocycles. The number of thiophene rings is 1. The summed E-state index contributed by atoms with van der Waals surface area (Å²) in [7, 11) is 0. The first-order valence-electron chi connectivity index (χ1n) is 10.4. The molecule has 2 aliphatic heterocycles. The van der Waals surface area contributed by atoms with Gasteiger partial charge in [0.05, 0.1) is 23.2 Å². The smallest absolute Gasteiger partial charge is 0.368 e. The highest BCUT2D eigenvalue weighted by atomic mass is 32.1. The number of hydrogen-bond donors (Lipinski definition) is 2. The Hall–Kier alpha value is -2.62. The van der Waals surface area contributed by atoms with E-state index in [-0.39, 0.29) is 16.8 Å². The first-order chi connectivity index (χ1) is 14.8. The van der Waals surface area contributed by atoms with Crippen LogP contribution in [0.3, 0.4) is 0 Å². The van der Waals surface area contributed by atoms with E-state index >= 15 is 0 Å². The number of hydrogen-bond acceptors (Lipinski definition) is 5. The van der Waals surface area contributed by atoms with Crippen molar-refractivity contribution in [1.82, 2.24) is 9.88 Å². The number of aromatic nitrogens is 1. The predicted octanol–water partition coefficient (Wildman–Crippen LogP) is 4.63. The van der Waals surface area contributed by atoms with Gasteiger partial charge in [-0.3, -0.25) is 9.79 Å². The molecule has 164 valence electrons. The van der Waals surface area contributed by atoms with E-state index in [4.69, 9.17) is 4.99 Å². The molecule has 2 fully saturated rings. The largest absolute Gasteiger partial charge is 0.425 e. The first kappa shape index (κ1) is 20.3. The summed E-state index contributed by atoms with van der Waals surface area (Å²) in [6.07, 6.45) is 2.26. The van der Waals surface area contributed by atoms with Crippen LogP contribution in [0, 0.1) is 0 Å². The molecule has 6 nitrogen and oxygen atoms in total. The Morgan fingerprint density at radius 1 is 1.26 bits per heavy atom. The molecule has 3 aliphatic rings. The number of fused-ring (bicyclic) bond motifs is 1. The average molecular weight is 450 g/mol. The van der Waals surface area contributed by atoms with Crippen molar-refractivity contribution in [2.75, 3.05) is 23.7 Å². The summed E-state index contributed by atoms with van der Waals surface area (Å²) in [6, 6.07) is 6.23. The summed E-state index contributed by atoms with van der Waals surface area (Å²) < 4.78 is 38.9.